The van der Waals surface area contributed by atoms with Crippen molar-refractivity contribution in [1.29, 1.82) is 5.26 Å². The number of fused-ring (bicyclic) bond motifs is 1. The number of esters is 1. The molecule has 0 bridgehead atoms. The van der Waals surface area contributed by atoms with Gasteiger partial charge in [0.05, 0.1) is 45.1 Å². The van der Waals surface area contributed by atoms with Crippen molar-refractivity contribution in [3.05, 3.63) is 46.9 Å². The SMILES string of the molecule is CCOC(=O)c1cc(C#N)c(SCc2nc3cc(S(=O)(=O)N(C)C)ccc3n2CC)nc1C. The molecule has 0 N–H and O–H groups in total. The van der Waals surface area contributed by atoms with Gasteiger partial charge in [0.25, 0.3) is 0 Å². The number of carbonyl (C=O) groups excluding carboxylic acids is 1. The fraction of sp³-hybridized carbons (Fsp3) is 0.364. The molecule has 0 radical (unpaired) electrons. The number of benzene rings is 1. The summed E-state index contributed by atoms with van der Waals surface area (Å²) in [4.78, 5) is 21.4. The highest BCUT2D eigenvalue weighted by molar-refractivity contribution is 7.98. The summed E-state index contributed by atoms with van der Waals surface area (Å²) in [5, 5.41) is 10.1. The molecule has 0 aliphatic carbocycles. The molecule has 0 saturated carbocycles. The molecular weight excluding hydrogens is 462 g/mol. The molecule has 0 spiro atoms. The van der Waals surface area contributed by atoms with Crippen LogP contribution in [-0.2, 0) is 27.1 Å². The van der Waals surface area contributed by atoms with Gasteiger partial charge in [-0.1, -0.05) is 11.8 Å². The van der Waals surface area contributed by atoms with E-state index in [9.17, 15) is 18.5 Å². The maximum Gasteiger partial charge on any atom is 0.340 e. The van der Waals surface area contributed by atoms with E-state index in [-0.39, 0.29) is 22.6 Å². The van der Waals surface area contributed by atoms with Gasteiger partial charge < -0.3 is 9.30 Å². The van der Waals surface area contributed by atoms with Gasteiger partial charge in [-0.25, -0.2) is 27.5 Å². The van der Waals surface area contributed by atoms with Gasteiger partial charge in [0.2, 0.25) is 10.0 Å². The summed E-state index contributed by atoms with van der Waals surface area (Å²) in [6.45, 7) is 6.28. The van der Waals surface area contributed by atoms with Crippen LogP contribution in [0.15, 0.2) is 34.2 Å². The van der Waals surface area contributed by atoms with Crippen molar-refractivity contribution in [3.8, 4) is 6.07 Å². The summed E-state index contributed by atoms with van der Waals surface area (Å²) in [6, 6.07) is 8.51. The van der Waals surface area contributed by atoms with E-state index in [2.05, 4.69) is 16.0 Å². The standard InChI is InChI=1S/C22H25N5O4S2/c1-6-27-19-9-8-16(33(29,30)26(4)5)11-18(19)25-20(27)13-32-21-15(12-23)10-17(14(3)24-21)22(28)31-7-2/h8-11H,6-7,13H2,1-5H3. The molecule has 2 aromatic heterocycles. The molecule has 3 aromatic rings. The monoisotopic (exact) mass is 487 g/mol. The highest BCUT2D eigenvalue weighted by Crippen LogP contribution is 2.29. The van der Waals surface area contributed by atoms with Crippen molar-refractivity contribution in [2.75, 3.05) is 20.7 Å². The lowest BCUT2D eigenvalue weighted by atomic mass is 10.1. The molecule has 11 heteroatoms. The molecule has 0 atom stereocenters. The lowest BCUT2D eigenvalue weighted by Gasteiger charge is -2.11. The van der Waals surface area contributed by atoms with Crippen molar-refractivity contribution < 1.29 is 17.9 Å². The van der Waals surface area contributed by atoms with Gasteiger partial charge in [0, 0.05) is 20.6 Å². The molecule has 0 saturated heterocycles. The topological polar surface area (TPSA) is 118 Å². The number of aryl methyl sites for hydroxylation is 2. The van der Waals surface area contributed by atoms with Crippen molar-refractivity contribution in [3.63, 3.8) is 0 Å². The predicted molar refractivity (Wildman–Crippen MR) is 125 cm³/mol. The van der Waals surface area contributed by atoms with E-state index in [0.717, 1.165) is 11.3 Å². The Morgan fingerprint density at radius 3 is 2.58 bits per heavy atom. The average Bonchev–Trinajstić information content (AvgIpc) is 3.14. The third kappa shape index (κ3) is 4.88. The van der Waals surface area contributed by atoms with Crippen LogP contribution in [-0.4, -0.2) is 53.9 Å². The van der Waals surface area contributed by atoms with E-state index in [4.69, 9.17) is 4.74 Å². The van der Waals surface area contributed by atoms with Gasteiger partial charge >= 0.3 is 5.97 Å². The summed E-state index contributed by atoms with van der Waals surface area (Å²) in [6.07, 6.45) is 0. The number of nitriles is 1. The van der Waals surface area contributed by atoms with Crippen molar-refractivity contribution in [1.82, 2.24) is 18.8 Å². The van der Waals surface area contributed by atoms with Gasteiger partial charge in [-0.15, -0.1) is 0 Å². The van der Waals surface area contributed by atoms with Gasteiger partial charge in [0.15, 0.2) is 0 Å². The van der Waals surface area contributed by atoms with E-state index < -0.39 is 16.0 Å². The molecular formula is C22H25N5O4S2. The van der Waals surface area contributed by atoms with Crippen LogP contribution in [0.4, 0.5) is 0 Å². The largest absolute Gasteiger partial charge is 0.462 e. The van der Waals surface area contributed by atoms with Gasteiger partial charge in [-0.05, 0) is 45.0 Å². The Morgan fingerprint density at radius 2 is 1.97 bits per heavy atom. The number of aromatic nitrogens is 3. The number of carbonyl (C=O) groups is 1. The zero-order chi connectivity index (χ0) is 24.3. The number of rotatable bonds is 8. The van der Waals surface area contributed by atoms with Crippen LogP contribution in [0.5, 0.6) is 0 Å². The Balaban J connectivity index is 1.95. The first-order valence-corrected chi connectivity index (χ1v) is 12.7. The number of pyridine rings is 1. The zero-order valence-electron chi connectivity index (χ0n) is 19.1. The Bertz CT molecular complexity index is 1360. The fourth-order valence-corrected chi connectivity index (χ4v) is 5.19. The summed E-state index contributed by atoms with van der Waals surface area (Å²) in [5.74, 6) is 0.638. The van der Waals surface area contributed by atoms with E-state index in [0.29, 0.717) is 28.5 Å². The quantitative estimate of drug-likeness (QED) is 0.351. The third-order valence-electron chi connectivity index (χ3n) is 5.03. The van der Waals surface area contributed by atoms with E-state index in [1.54, 1.807) is 32.0 Å². The molecule has 0 aliphatic rings. The first-order valence-electron chi connectivity index (χ1n) is 10.3. The molecule has 0 aliphatic heterocycles. The normalized spacial score (nSPS) is 11.7. The van der Waals surface area contributed by atoms with Crippen LogP contribution < -0.4 is 0 Å². The Hall–Kier alpha value is -2.94. The maximum atomic E-state index is 12.5. The lowest BCUT2D eigenvalue weighted by Crippen LogP contribution is -2.22. The average molecular weight is 488 g/mol. The van der Waals surface area contributed by atoms with Crippen molar-refractivity contribution >= 4 is 38.8 Å². The highest BCUT2D eigenvalue weighted by Gasteiger charge is 2.21. The van der Waals surface area contributed by atoms with Crippen LogP contribution >= 0.6 is 11.8 Å². The van der Waals surface area contributed by atoms with Crippen molar-refractivity contribution in [2.24, 2.45) is 0 Å². The molecule has 1 aromatic carbocycles. The van der Waals surface area contributed by atoms with Gasteiger partial charge in [-0.2, -0.15) is 5.26 Å². The number of thioether (sulfide) groups is 1. The summed E-state index contributed by atoms with van der Waals surface area (Å²) < 4.78 is 33.2. The second-order valence-corrected chi connectivity index (χ2v) is 10.4. The number of nitrogens with zero attached hydrogens (tertiary/aromatic N) is 5. The van der Waals surface area contributed by atoms with Crippen LogP contribution in [0.3, 0.4) is 0 Å². The number of imidazole rings is 1. The number of hydrogen-bond donors (Lipinski definition) is 0. The number of ether oxygens (including phenoxy) is 1. The Labute approximate surface area is 197 Å². The van der Waals surface area contributed by atoms with Crippen molar-refractivity contribution in [2.45, 2.75) is 43.0 Å². The van der Waals surface area contributed by atoms with E-state index in [1.807, 2.05) is 11.5 Å². The summed E-state index contributed by atoms with van der Waals surface area (Å²) in [7, 11) is -0.593. The highest BCUT2D eigenvalue weighted by atomic mass is 32.2. The first-order chi connectivity index (χ1) is 15.6. The molecule has 0 fully saturated rings. The molecule has 3 rings (SSSR count). The smallest absolute Gasteiger partial charge is 0.340 e. The third-order valence-corrected chi connectivity index (χ3v) is 7.82. The number of sulfonamides is 1. The zero-order valence-corrected chi connectivity index (χ0v) is 20.7. The molecule has 9 nitrogen and oxygen atoms in total. The molecule has 174 valence electrons. The van der Waals surface area contributed by atoms with Crippen LogP contribution in [0, 0.1) is 18.3 Å². The minimum atomic E-state index is -3.57. The summed E-state index contributed by atoms with van der Waals surface area (Å²) in [5.41, 5.74) is 2.45. The molecule has 0 amide bonds. The number of hydrogen-bond acceptors (Lipinski definition) is 8. The molecule has 33 heavy (non-hydrogen) atoms. The van der Waals surface area contributed by atoms with Crippen LogP contribution in [0.2, 0.25) is 0 Å². The minimum absolute atomic E-state index is 0.179. The molecule has 0 unspecified atom stereocenters. The van der Waals surface area contributed by atoms with E-state index >= 15 is 0 Å². The van der Waals surface area contributed by atoms with Crippen LogP contribution in [0.25, 0.3) is 11.0 Å². The Kier molecular flexibility index (Phi) is 7.41. The maximum absolute atomic E-state index is 12.5. The summed E-state index contributed by atoms with van der Waals surface area (Å²) >= 11 is 1.34. The predicted octanol–water partition coefficient (Wildman–Crippen LogP) is 3.35. The second kappa shape index (κ2) is 9.91. The molecule has 2 heterocycles. The lowest BCUT2D eigenvalue weighted by molar-refractivity contribution is 0.0524. The second-order valence-electron chi connectivity index (χ2n) is 7.31. The van der Waals surface area contributed by atoms with Gasteiger partial charge in [-0.3, -0.25) is 0 Å². The minimum Gasteiger partial charge on any atom is -0.462 e. The fourth-order valence-electron chi connectivity index (χ4n) is 3.32. The van der Waals surface area contributed by atoms with Crippen LogP contribution in [0.1, 0.15) is 41.3 Å². The van der Waals surface area contributed by atoms with E-state index in [1.165, 1.54) is 36.2 Å². The first kappa shape index (κ1) is 24.7. The van der Waals surface area contributed by atoms with Gasteiger partial charge in [0.1, 0.15) is 16.9 Å². The Morgan fingerprint density at radius 1 is 1.24 bits per heavy atom.